The molecule has 0 aromatic carbocycles. The zero-order valence-corrected chi connectivity index (χ0v) is 45.2. The van der Waals surface area contributed by atoms with Gasteiger partial charge < -0.3 is 18.7 Å². The third-order valence-corrected chi connectivity index (χ3v) is 13.7. The Kier molecular flexibility index (Phi) is 56.5. The van der Waals surface area contributed by atoms with Gasteiger partial charge in [-0.2, -0.15) is 0 Å². The number of hydrogen-bond donors (Lipinski definition) is 0. The van der Waals surface area contributed by atoms with Crippen LogP contribution in [0.15, 0.2) is 36.5 Å². The molecule has 386 valence electrons. The summed E-state index contributed by atoms with van der Waals surface area (Å²) in [5.41, 5.74) is 0. The van der Waals surface area contributed by atoms with E-state index in [4.69, 9.17) is 14.2 Å². The summed E-state index contributed by atoms with van der Waals surface area (Å²) in [6.45, 7) is 15.2. The van der Waals surface area contributed by atoms with Gasteiger partial charge in [-0.05, 0) is 96.3 Å². The van der Waals surface area contributed by atoms with E-state index >= 15 is 0 Å². The van der Waals surface area contributed by atoms with Crippen LogP contribution in [0, 0.1) is 0 Å². The number of hydrogen-bond acceptors (Lipinski definition) is 3. The third kappa shape index (κ3) is 55.5. The number of rotatable bonds is 57. The zero-order chi connectivity index (χ0) is 46.9. The fourth-order valence-corrected chi connectivity index (χ4v) is 8.85. The second kappa shape index (κ2) is 57.4. The Labute approximate surface area is 410 Å². The van der Waals surface area contributed by atoms with Crippen molar-refractivity contribution in [2.45, 2.75) is 290 Å². The van der Waals surface area contributed by atoms with Crippen LogP contribution in [0.3, 0.4) is 0 Å². The molecular formula is C61H120NO3+. The summed E-state index contributed by atoms with van der Waals surface area (Å²) < 4.78 is 19.6. The quantitative estimate of drug-likeness (QED) is 0.0346. The molecule has 0 saturated heterocycles. The second-order valence-corrected chi connectivity index (χ2v) is 20.4. The summed E-state index contributed by atoms with van der Waals surface area (Å²) in [6, 6.07) is 0. The molecule has 4 nitrogen and oxygen atoms in total. The first-order valence-corrected chi connectivity index (χ1v) is 29.7. The highest BCUT2D eigenvalue weighted by molar-refractivity contribution is 4.82. The molecule has 0 aliphatic rings. The van der Waals surface area contributed by atoms with Crippen LogP contribution in [0.4, 0.5) is 0 Å². The summed E-state index contributed by atoms with van der Waals surface area (Å²) in [5.74, 6) is 0. The number of nitrogens with zero attached hydrogens (tertiary/aromatic N) is 1. The molecule has 0 aliphatic heterocycles. The second-order valence-electron chi connectivity index (χ2n) is 20.4. The van der Waals surface area contributed by atoms with Crippen LogP contribution in [0.2, 0.25) is 0 Å². The Bertz CT molecular complexity index is 828. The van der Waals surface area contributed by atoms with E-state index in [-0.39, 0.29) is 0 Å². The van der Waals surface area contributed by atoms with Gasteiger partial charge in [0.1, 0.15) is 19.6 Å². The average molecular weight is 916 g/mol. The smallest absolute Gasteiger partial charge is 0.102 e. The first-order chi connectivity index (χ1) is 32.2. The highest BCUT2D eigenvalue weighted by Crippen LogP contribution is 2.14. The summed E-state index contributed by atoms with van der Waals surface area (Å²) in [6.07, 6.45) is 71.2. The largest absolute Gasteiger partial charge is 0.376 e. The molecule has 0 bridgehead atoms. The molecule has 65 heavy (non-hydrogen) atoms. The summed E-state index contributed by atoms with van der Waals surface area (Å²) in [5, 5.41) is 0. The summed E-state index contributed by atoms with van der Waals surface area (Å²) in [7, 11) is 2.40. The van der Waals surface area contributed by atoms with Gasteiger partial charge in [-0.3, -0.25) is 0 Å². The van der Waals surface area contributed by atoms with Crippen molar-refractivity contribution in [1.82, 2.24) is 0 Å². The lowest BCUT2D eigenvalue weighted by atomic mass is 10.1. The first-order valence-electron chi connectivity index (χ1n) is 29.7. The van der Waals surface area contributed by atoms with Crippen molar-refractivity contribution in [2.75, 3.05) is 66.3 Å². The monoisotopic (exact) mass is 915 g/mol. The highest BCUT2D eigenvalue weighted by atomic mass is 16.5. The van der Waals surface area contributed by atoms with Gasteiger partial charge in [-0.1, -0.05) is 231 Å². The molecule has 0 unspecified atom stereocenters. The molecule has 0 rings (SSSR count). The van der Waals surface area contributed by atoms with Crippen LogP contribution in [-0.2, 0) is 14.2 Å². The van der Waals surface area contributed by atoms with E-state index in [1.807, 2.05) is 0 Å². The lowest BCUT2D eigenvalue weighted by Crippen LogP contribution is -2.50. The van der Waals surface area contributed by atoms with E-state index in [1.54, 1.807) is 0 Å². The predicted molar refractivity (Wildman–Crippen MR) is 292 cm³/mol. The maximum absolute atomic E-state index is 6.22. The van der Waals surface area contributed by atoms with E-state index < -0.39 is 0 Å². The number of allylic oxidation sites excluding steroid dienone is 6. The first kappa shape index (κ1) is 64.1. The normalized spacial score (nSPS) is 13.1. The Balaban J connectivity index is 4.16. The van der Waals surface area contributed by atoms with Crippen molar-refractivity contribution in [3.63, 3.8) is 0 Å². The van der Waals surface area contributed by atoms with E-state index in [9.17, 15) is 0 Å². The van der Waals surface area contributed by atoms with E-state index in [0.29, 0.717) is 0 Å². The molecular weight excluding hydrogens is 795 g/mol. The van der Waals surface area contributed by atoms with Crippen LogP contribution in [0.25, 0.3) is 0 Å². The van der Waals surface area contributed by atoms with Gasteiger partial charge in [0, 0.05) is 19.8 Å². The van der Waals surface area contributed by atoms with Gasteiger partial charge in [-0.15, -0.1) is 0 Å². The van der Waals surface area contributed by atoms with Gasteiger partial charge in [0.2, 0.25) is 0 Å². The van der Waals surface area contributed by atoms with Gasteiger partial charge in [0.25, 0.3) is 0 Å². The molecule has 4 heteroatoms. The highest BCUT2D eigenvalue weighted by Gasteiger charge is 2.21. The minimum absolute atomic E-state index is 0.839. The van der Waals surface area contributed by atoms with Crippen molar-refractivity contribution < 1.29 is 18.7 Å². The third-order valence-electron chi connectivity index (χ3n) is 13.7. The lowest BCUT2D eigenvalue weighted by molar-refractivity contribution is -0.910. The molecule has 0 heterocycles. The van der Waals surface area contributed by atoms with Gasteiger partial charge in [0.05, 0.1) is 26.9 Å². The molecule has 0 spiro atoms. The minimum atomic E-state index is 0.839. The van der Waals surface area contributed by atoms with Gasteiger partial charge in [0.15, 0.2) is 0 Å². The molecule has 0 fully saturated rings. The topological polar surface area (TPSA) is 27.7 Å². The summed E-state index contributed by atoms with van der Waals surface area (Å²) >= 11 is 0. The van der Waals surface area contributed by atoms with E-state index in [0.717, 1.165) is 63.8 Å². The molecule has 0 N–H and O–H groups in total. The van der Waals surface area contributed by atoms with Crippen molar-refractivity contribution in [1.29, 1.82) is 0 Å². The van der Waals surface area contributed by atoms with Crippen molar-refractivity contribution >= 4 is 0 Å². The van der Waals surface area contributed by atoms with Crippen molar-refractivity contribution in [2.24, 2.45) is 0 Å². The number of quaternary nitrogens is 1. The molecule has 0 aromatic rings. The molecule has 0 atom stereocenters. The van der Waals surface area contributed by atoms with Crippen LogP contribution < -0.4 is 0 Å². The zero-order valence-electron chi connectivity index (χ0n) is 45.2. The Morgan fingerprint density at radius 3 is 0.631 bits per heavy atom. The number of unbranched alkanes of at least 4 members (excludes halogenated alkanes) is 36. The fourth-order valence-electron chi connectivity index (χ4n) is 8.85. The van der Waals surface area contributed by atoms with E-state index in [2.05, 4.69) is 64.3 Å². The number of likely N-dealkylation sites (N-methyl/N-ethyl adjacent to an activating group) is 1. The van der Waals surface area contributed by atoms with Gasteiger partial charge >= 0.3 is 0 Å². The average Bonchev–Trinajstić information content (AvgIpc) is 3.31. The Morgan fingerprint density at radius 2 is 0.415 bits per heavy atom. The molecule has 0 saturated carbocycles. The number of ether oxygens (including phenoxy) is 3. The predicted octanol–water partition coefficient (Wildman–Crippen LogP) is 19.6. The minimum Gasteiger partial charge on any atom is -0.376 e. The van der Waals surface area contributed by atoms with E-state index in [1.165, 1.54) is 270 Å². The molecule has 0 amide bonds. The molecule has 0 aromatic heterocycles. The maximum Gasteiger partial charge on any atom is 0.102 e. The molecule has 0 aliphatic carbocycles. The van der Waals surface area contributed by atoms with Crippen molar-refractivity contribution in [3.05, 3.63) is 36.5 Å². The maximum atomic E-state index is 6.22. The van der Waals surface area contributed by atoms with Gasteiger partial charge in [-0.25, -0.2) is 0 Å². The molecule has 0 radical (unpaired) electrons. The van der Waals surface area contributed by atoms with Crippen LogP contribution in [0.1, 0.15) is 290 Å². The SMILES string of the molecule is CCCCCCCCC=CCCCCCCCCOCC[N+](C)(CCOCCCCCCCCC=CCCCCCCCC)CCOCCCCCCCCC=CCCCCCCCC. The Morgan fingerprint density at radius 1 is 0.231 bits per heavy atom. The van der Waals surface area contributed by atoms with Crippen LogP contribution in [0.5, 0.6) is 0 Å². The lowest BCUT2D eigenvalue weighted by Gasteiger charge is -2.34. The van der Waals surface area contributed by atoms with Crippen LogP contribution in [-0.4, -0.2) is 70.8 Å². The van der Waals surface area contributed by atoms with Crippen molar-refractivity contribution in [3.8, 4) is 0 Å². The van der Waals surface area contributed by atoms with Crippen LogP contribution >= 0.6 is 0 Å². The summed E-state index contributed by atoms with van der Waals surface area (Å²) in [4.78, 5) is 0. The fraction of sp³-hybridized carbons (Fsp3) is 0.902. The standard InChI is InChI=1S/C61H120NO3/c1-5-8-11-14-17-20-23-26-29-32-35-38-41-44-47-50-56-63-59-53-62(4,54-60-64-57-51-48-45-42-39-36-33-30-27-24-21-18-15-12-9-6-2)55-61-65-58-52-49-46-43-40-37-34-31-28-25-22-19-16-13-10-7-3/h26-31H,5-25,32-61H2,1-4H3/q+1. The Hall–Kier alpha value is -0.940.